The van der Waals surface area contributed by atoms with Crippen molar-refractivity contribution in [3.63, 3.8) is 0 Å². The van der Waals surface area contributed by atoms with Crippen LogP contribution < -0.4 is 10.6 Å². The number of aromatic nitrogens is 2. The van der Waals surface area contributed by atoms with E-state index in [-0.39, 0.29) is 0 Å². The predicted molar refractivity (Wildman–Crippen MR) is 67.7 cm³/mol. The standard InChI is InChI=1S/C12H22N4/c1-9(2)11-7-12(16-8-15-11)14-6-5-13-10(3)4/h7-10,13H,5-6H2,1-4H3,(H,14,15,16). The summed E-state index contributed by atoms with van der Waals surface area (Å²) < 4.78 is 0. The molecule has 16 heavy (non-hydrogen) atoms. The molecule has 0 saturated carbocycles. The molecule has 0 aromatic carbocycles. The number of anilines is 1. The van der Waals surface area contributed by atoms with Gasteiger partial charge < -0.3 is 10.6 Å². The van der Waals surface area contributed by atoms with Crippen LogP contribution in [0.4, 0.5) is 5.82 Å². The van der Waals surface area contributed by atoms with E-state index in [4.69, 9.17) is 0 Å². The maximum absolute atomic E-state index is 4.23. The smallest absolute Gasteiger partial charge is 0.129 e. The van der Waals surface area contributed by atoms with E-state index in [9.17, 15) is 0 Å². The molecule has 0 fully saturated rings. The number of hydrogen-bond donors (Lipinski definition) is 2. The Balaban J connectivity index is 2.39. The summed E-state index contributed by atoms with van der Waals surface area (Å²) in [7, 11) is 0. The van der Waals surface area contributed by atoms with Crippen LogP contribution in [0.25, 0.3) is 0 Å². The Morgan fingerprint density at radius 1 is 1.12 bits per heavy atom. The fraction of sp³-hybridized carbons (Fsp3) is 0.667. The van der Waals surface area contributed by atoms with E-state index in [2.05, 4.69) is 48.3 Å². The summed E-state index contributed by atoms with van der Waals surface area (Å²) in [6, 6.07) is 2.54. The van der Waals surface area contributed by atoms with Gasteiger partial charge in [-0.1, -0.05) is 27.7 Å². The molecule has 0 spiro atoms. The topological polar surface area (TPSA) is 49.8 Å². The SMILES string of the molecule is CC(C)NCCNc1cc(C(C)C)ncn1. The molecule has 2 N–H and O–H groups in total. The van der Waals surface area contributed by atoms with E-state index < -0.39 is 0 Å². The fourth-order valence-corrected chi connectivity index (χ4v) is 1.34. The molecule has 0 aliphatic carbocycles. The van der Waals surface area contributed by atoms with Crippen molar-refractivity contribution in [1.29, 1.82) is 0 Å². The Kier molecular flexibility index (Phi) is 5.19. The third-order valence-electron chi connectivity index (χ3n) is 2.26. The van der Waals surface area contributed by atoms with Gasteiger partial charge in [0.05, 0.1) is 0 Å². The molecule has 0 aliphatic rings. The molecule has 0 aliphatic heterocycles. The highest BCUT2D eigenvalue weighted by atomic mass is 15.0. The van der Waals surface area contributed by atoms with Gasteiger partial charge in [-0.2, -0.15) is 0 Å². The normalized spacial score (nSPS) is 11.1. The molecule has 4 heteroatoms. The van der Waals surface area contributed by atoms with Crippen LogP contribution in [0.15, 0.2) is 12.4 Å². The zero-order chi connectivity index (χ0) is 12.0. The van der Waals surface area contributed by atoms with Crippen molar-refractivity contribution in [2.75, 3.05) is 18.4 Å². The van der Waals surface area contributed by atoms with Crippen LogP contribution in [0, 0.1) is 0 Å². The third kappa shape index (κ3) is 4.57. The summed E-state index contributed by atoms with van der Waals surface area (Å²) in [6.45, 7) is 10.4. The van der Waals surface area contributed by atoms with E-state index in [1.165, 1.54) is 0 Å². The van der Waals surface area contributed by atoms with Crippen LogP contribution in [0.5, 0.6) is 0 Å². The average molecular weight is 222 g/mol. The molecule has 0 amide bonds. The van der Waals surface area contributed by atoms with E-state index >= 15 is 0 Å². The van der Waals surface area contributed by atoms with Gasteiger partial charge in [-0.15, -0.1) is 0 Å². The Bertz CT molecular complexity index is 310. The molecule has 0 radical (unpaired) electrons. The molecule has 90 valence electrons. The fourth-order valence-electron chi connectivity index (χ4n) is 1.34. The Hall–Kier alpha value is -1.16. The molecule has 0 unspecified atom stereocenters. The van der Waals surface area contributed by atoms with Crippen molar-refractivity contribution < 1.29 is 0 Å². The quantitative estimate of drug-likeness (QED) is 0.723. The molecule has 0 saturated heterocycles. The molecular formula is C12H22N4. The second-order valence-electron chi connectivity index (χ2n) is 4.52. The van der Waals surface area contributed by atoms with Gasteiger partial charge in [0, 0.05) is 30.9 Å². The summed E-state index contributed by atoms with van der Waals surface area (Å²) in [4.78, 5) is 8.42. The Labute approximate surface area is 97.9 Å². The van der Waals surface area contributed by atoms with Gasteiger partial charge in [0.1, 0.15) is 12.1 Å². The van der Waals surface area contributed by atoms with Crippen molar-refractivity contribution in [3.05, 3.63) is 18.1 Å². The van der Waals surface area contributed by atoms with Gasteiger partial charge in [0.2, 0.25) is 0 Å². The highest BCUT2D eigenvalue weighted by molar-refractivity contribution is 5.35. The lowest BCUT2D eigenvalue weighted by molar-refractivity contribution is 0.602. The molecule has 1 heterocycles. The lowest BCUT2D eigenvalue weighted by atomic mass is 10.1. The van der Waals surface area contributed by atoms with Crippen LogP contribution in [0.2, 0.25) is 0 Å². The summed E-state index contributed by atoms with van der Waals surface area (Å²) in [5.74, 6) is 1.35. The zero-order valence-electron chi connectivity index (χ0n) is 10.6. The third-order valence-corrected chi connectivity index (χ3v) is 2.26. The maximum atomic E-state index is 4.23. The van der Waals surface area contributed by atoms with Crippen molar-refractivity contribution in [2.24, 2.45) is 0 Å². The predicted octanol–water partition coefficient (Wildman–Crippen LogP) is 2.01. The van der Waals surface area contributed by atoms with Crippen molar-refractivity contribution >= 4 is 5.82 Å². The van der Waals surface area contributed by atoms with Gasteiger partial charge in [0.15, 0.2) is 0 Å². The molecule has 1 rings (SSSR count). The maximum Gasteiger partial charge on any atom is 0.129 e. The zero-order valence-corrected chi connectivity index (χ0v) is 10.6. The van der Waals surface area contributed by atoms with Gasteiger partial charge in [0.25, 0.3) is 0 Å². The van der Waals surface area contributed by atoms with Gasteiger partial charge in [-0.05, 0) is 5.92 Å². The van der Waals surface area contributed by atoms with E-state index in [1.54, 1.807) is 6.33 Å². The highest BCUT2D eigenvalue weighted by Crippen LogP contribution is 2.13. The minimum Gasteiger partial charge on any atom is -0.369 e. The summed E-state index contributed by atoms with van der Waals surface area (Å²) in [5.41, 5.74) is 1.08. The molecule has 4 nitrogen and oxygen atoms in total. The molecule has 0 atom stereocenters. The van der Waals surface area contributed by atoms with Crippen molar-refractivity contribution in [3.8, 4) is 0 Å². The van der Waals surface area contributed by atoms with Crippen LogP contribution in [-0.4, -0.2) is 29.1 Å². The number of rotatable bonds is 6. The second-order valence-corrected chi connectivity index (χ2v) is 4.52. The number of hydrogen-bond acceptors (Lipinski definition) is 4. The monoisotopic (exact) mass is 222 g/mol. The summed E-state index contributed by atoms with van der Waals surface area (Å²) in [6.07, 6.45) is 1.62. The Morgan fingerprint density at radius 2 is 1.88 bits per heavy atom. The van der Waals surface area contributed by atoms with E-state index in [0.29, 0.717) is 12.0 Å². The van der Waals surface area contributed by atoms with Crippen LogP contribution in [-0.2, 0) is 0 Å². The van der Waals surface area contributed by atoms with Crippen molar-refractivity contribution in [2.45, 2.75) is 39.7 Å². The first-order valence-electron chi connectivity index (χ1n) is 5.88. The van der Waals surface area contributed by atoms with Crippen LogP contribution in [0.1, 0.15) is 39.3 Å². The van der Waals surface area contributed by atoms with E-state index in [1.807, 2.05) is 6.07 Å². The van der Waals surface area contributed by atoms with Gasteiger partial charge >= 0.3 is 0 Å². The number of nitrogens with one attached hydrogen (secondary N) is 2. The lowest BCUT2D eigenvalue weighted by Gasteiger charge is -2.10. The Morgan fingerprint density at radius 3 is 2.50 bits per heavy atom. The lowest BCUT2D eigenvalue weighted by Crippen LogP contribution is -2.28. The summed E-state index contributed by atoms with van der Waals surface area (Å²) in [5, 5.41) is 6.63. The van der Waals surface area contributed by atoms with Gasteiger partial charge in [-0.3, -0.25) is 0 Å². The minimum absolute atomic E-state index is 0.442. The molecular weight excluding hydrogens is 200 g/mol. The first-order valence-corrected chi connectivity index (χ1v) is 5.88. The minimum atomic E-state index is 0.442. The first-order chi connectivity index (χ1) is 7.59. The highest BCUT2D eigenvalue weighted by Gasteiger charge is 2.02. The molecule has 1 aromatic rings. The van der Waals surface area contributed by atoms with Crippen molar-refractivity contribution in [1.82, 2.24) is 15.3 Å². The van der Waals surface area contributed by atoms with E-state index in [0.717, 1.165) is 24.6 Å². The largest absolute Gasteiger partial charge is 0.369 e. The average Bonchev–Trinajstić information content (AvgIpc) is 2.24. The second kappa shape index (κ2) is 6.43. The molecule has 0 bridgehead atoms. The van der Waals surface area contributed by atoms with Crippen LogP contribution >= 0.6 is 0 Å². The first kappa shape index (κ1) is 12.9. The van der Waals surface area contributed by atoms with Gasteiger partial charge in [-0.25, -0.2) is 9.97 Å². The molecule has 1 aromatic heterocycles. The number of nitrogens with zero attached hydrogens (tertiary/aromatic N) is 2. The van der Waals surface area contributed by atoms with Crippen LogP contribution in [0.3, 0.4) is 0 Å². The summed E-state index contributed by atoms with van der Waals surface area (Å²) >= 11 is 0.